The zero-order valence-electron chi connectivity index (χ0n) is 7.63. The molecule has 0 aromatic rings. The van der Waals surface area contributed by atoms with Crippen molar-refractivity contribution in [1.82, 2.24) is 5.32 Å². The van der Waals surface area contributed by atoms with Crippen molar-refractivity contribution < 1.29 is 5.11 Å². The molecule has 70 valence electrons. The number of hydrogen-bond acceptors (Lipinski definition) is 2. The van der Waals surface area contributed by atoms with Gasteiger partial charge in [0, 0.05) is 12.1 Å². The summed E-state index contributed by atoms with van der Waals surface area (Å²) >= 11 is 0. The smallest absolute Gasteiger partial charge is 0.0584 e. The van der Waals surface area contributed by atoms with Crippen molar-refractivity contribution in [3.05, 3.63) is 0 Å². The van der Waals surface area contributed by atoms with E-state index >= 15 is 0 Å². The van der Waals surface area contributed by atoms with Gasteiger partial charge in [0.25, 0.3) is 0 Å². The van der Waals surface area contributed by atoms with Gasteiger partial charge in [-0.15, -0.1) is 0 Å². The molecule has 12 heavy (non-hydrogen) atoms. The zero-order valence-corrected chi connectivity index (χ0v) is 7.63. The highest BCUT2D eigenvalue weighted by molar-refractivity contribution is 4.88. The molecular weight excluding hydrogens is 150 g/mol. The maximum atomic E-state index is 9.02. The fraction of sp³-hybridized carbons (Fsp3) is 1.00. The van der Waals surface area contributed by atoms with Gasteiger partial charge in [-0.3, -0.25) is 0 Å². The Morgan fingerprint density at radius 3 is 2.75 bits per heavy atom. The minimum atomic E-state index is 0.323. The second-order valence-corrected chi connectivity index (χ2v) is 4.27. The van der Waals surface area contributed by atoms with Crippen LogP contribution in [0.25, 0.3) is 0 Å². The molecule has 1 saturated heterocycles. The van der Waals surface area contributed by atoms with Crippen molar-refractivity contribution in [2.24, 2.45) is 5.92 Å². The summed E-state index contributed by atoms with van der Waals surface area (Å²) in [6.45, 7) is 0.323. The van der Waals surface area contributed by atoms with Gasteiger partial charge < -0.3 is 10.4 Å². The van der Waals surface area contributed by atoms with E-state index in [4.69, 9.17) is 5.11 Å². The molecule has 0 aromatic heterocycles. The van der Waals surface area contributed by atoms with E-state index in [1.165, 1.54) is 38.5 Å². The second kappa shape index (κ2) is 3.75. The fourth-order valence-corrected chi connectivity index (χ4v) is 2.72. The largest absolute Gasteiger partial charge is 0.395 e. The minimum Gasteiger partial charge on any atom is -0.395 e. The van der Waals surface area contributed by atoms with E-state index in [0.717, 1.165) is 12.0 Å². The van der Waals surface area contributed by atoms with Gasteiger partial charge in [-0.1, -0.05) is 12.8 Å². The maximum Gasteiger partial charge on any atom is 0.0584 e. The van der Waals surface area contributed by atoms with Crippen LogP contribution in [0.15, 0.2) is 0 Å². The van der Waals surface area contributed by atoms with Crippen LogP contribution < -0.4 is 5.32 Å². The van der Waals surface area contributed by atoms with Crippen LogP contribution in [-0.2, 0) is 0 Å². The van der Waals surface area contributed by atoms with Gasteiger partial charge in [-0.2, -0.15) is 0 Å². The molecule has 0 unspecified atom stereocenters. The Hall–Kier alpha value is -0.0800. The lowest BCUT2D eigenvalue weighted by atomic mass is 9.78. The number of aliphatic hydroxyl groups is 1. The van der Waals surface area contributed by atoms with E-state index < -0.39 is 0 Å². The predicted octanol–water partition coefficient (Wildman–Crippen LogP) is 1.29. The van der Waals surface area contributed by atoms with Crippen LogP contribution in [0, 0.1) is 5.92 Å². The Kier molecular flexibility index (Phi) is 2.66. The van der Waals surface area contributed by atoms with Crippen molar-refractivity contribution in [3.63, 3.8) is 0 Å². The summed E-state index contributed by atoms with van der Waals surface area (Å²) in [6.07, 6.45) is 8.07. The van der Waals surface area contributed by atoms with Crippen molar-refractivity contribution >= 4 is 0 Å². The molecule has 2 fully saturated rings. The van der Waals surface area contributed by atoms with Gasteiger partial charge in [-0.05, 0) is 31.6 Å². The lowest BCUT2D eigenvalue weighted by Gasteiger charge is -2.39. The van der Waals surface area contributed by atoms with E-state index in [2.05, 4.69) is 5.32 Å². The van der Waals surface area contributed by atoms with Gasteiger partial charge >= 0.3 is 0 Å². The summed E-state index contributed by atoms with van der Waals surface area (Å²) < 4.78 is 0. The van der Waals surface area contributed by atoms with E-state index in [-0.39, 0.29) is 0 Å². The first-order chi connectivity index (χ1) is 5.90. The summed E-state index contributed by atoms with van der Waals surface area (Å²) in [5.41, 5.74) is 0. The number of hydrogen-bond donors (Lipinski definition) is 2. The monoisotopic (exact) mass is 169 g/mol. The molecule has 2 N–H and O–H groups in total. The van der Waals surface area contributed by atoms with Crippen LogP contribution in [-0.4, -0.2) is 23.8 Å². The minimum absolute atomic E-state index is 0.323. The topological polar surface area (TPSA) is 32.3 Å². The Balaban J connectivity index is 1.90. The molecule has 1 saturated carbocycles. The van der Waals surface area contributed by atoms with E-state index in [1.54, 1.807) is 0 Å². The summed E-state index contributed by atoms with van der Waals surface area (Å²) in [7, 11) is 0. The van der Waals surface area contributed by atoms with Gasteiger partial charge in [0.05, 0.1) is 6.61 Å². The molecule has 3 atom stereocenters. The highest BCUT2D eigenvalue weighted by Gasteiger charge is 2.30. The Morgan fingerprint density at radius 2 is 1.92 bits per heavy atom. The molecule has 2 nitrogen and oxygen atoms in total. The molecule has 2 aliphatic rings. The van der Waals surface area contributed by atoms with Crippen LogP contribution >= 0.6 is 0 Å². The maximum absolute atomic E-state index is 9.02. The molecule has 0 amide bonds. The molecule has 0 radical (unpaired) electrons. The normalized spacial score (nSPS) is 42.2. The van der Waals surface area contributed by atoms with Crippen LogP contribution in [0.1, 0.15) is 38.5 Å². The molecule has 0 bridgehead atoms. The van der Waals surface area contributed by atoms with Crippen molar-refractivity contribution in [2.75, 3.05) is 6.61 Å². The molecule has 1 aliphatic heterocycles. The number of fused-ring (bicyclic) bond motifs is 1. The van der Waals surface area contributed by atoms with E-state index in [0.29, 0.717) is 12.6 Å². The first kappa shape index (κ1) is 8.52. The number of nitrogens with one attached hydrogen (secondary N) is 1. The number of rotatable bonds is 1. The first-order valence-electron chi connectivity index (χ1n) is 5.27. The molecule has 2 rings (SSSR count). The van der Waals surface area contributed by atoms with E-state index in [9.17, 15) is 0 Å². The number of aliphatic hydroxyl groups excluding tert-OH is 1. The van der Waals surface area contributed by atoms with Crippen molar-refractivity contribution in [2.45, 2.75) is 50.6 Å². The third kappa shape index (κ3) is 1.64. The molecule has 2 heteroatoms. The summed E-state index contributed by atoms with van der Waals surface area (Å²) in [5.74, 6) is 0.918. The Bertz CT molecular complexity index is 149. The van der Waals surface area contributed by atoms with Gasteiger partial charge in [0.2, 0.25) is 0 Å². The van der Waals surface area contributed by atoms with Crippen molar-refractivity contribution in [3.8, 4) is 0 Å². The van der Waals surface area contributed by atoms with Crippen LogP contribution in [0.2, 0.25) is 0 Å². The summed E-state index contributed by atoms with van der Waals surface area (Å²) in [4.78, 5) is 0. The van der Waals surface area contributed by atoms with Crippen LogP contribution in [0.3, 0.4) is 0 Å². The molecular formula is C10H19NO. The Morgan fingerprint density at radius 1 is 1.08 bits per heavy atom. The summed E-state index contributed by atoms with van der Waals surface area (Å²) in [5, 5.41) is 12.6. The molecule has 1 heterocycles. The third-order valence-corrected chi connectivity index (χ3v) is 3.47. The van der Waals surface area contributed by atoms with Gasteiger partial charge in [0.15, 0.2) is 0 Å². The average Bonchev–Trinajstić information content (AvgIpc) is 2.17. The predicted molar refractivity (Wildman–Crippen MR) is 49.0 cm³/mol. The fourth-order valence-electron chi connectivity index (χ4n) is 2.72. The van der Waals surface area contributed by atoms with Crippen LogP contribution in [0.4, 0.5) is 0 Å². The average molecular weight is 169 g/mol. The second-order valence-electron chi connectivity index (χ2n) is 4.27. The van der Waals surface area contributed by atoms with Crippen molar-refractivity contribution in [1.29, 1.82) is 0 Å². The zero-order chi connectivity index (χ0) is 8.39. The summed E-state index contributed by atoms with van der Waals surface area (Å²) in [6, 6.07) is 1.12. The highest BCUT2D eigenvalue weighted by atomic mass is 16.3. The lowest BCUT2D eigenvalue weighted by molar-refractivity contribution is 0.134. The lowest BCUT2D eigenvalue weighted by Crippen LogP contribution is -2.50. The molecule has 1 aliphatic carbocycles. The van der Waals surface area contributed by atoms with Gasteiger partial charge in [0.1, 0.15) is 0 Å². The SMILES string of the molecule is OC[C@H]1CC[C@@H]2CCCC[C@@H]2N1. The molecule has 0 aromatic carbocycles. The van der Waals surface area contributed by atoms with E-state index in [1.807, 2.05) is 0 Å². The molecule has 0 spiro atoms. The Labute approximate surface area is 74.4 Å². The standard InChI is InChI=1S/C10H19NO/c12-7-9-6-5-8-3-1-2-4-10(8)11-9/h8-12H,1-7H2/t8-,9+,10-/m0/s1. The highest BCUT2D eigenvalue weighted by Crippen LogP contribution is 2.31. The third-order valence-electron chi connectivity index (χ3n) is 3.47. The van der Waals surface area contributed by atoms with Crippen LogP contribution in [0.5, 0.6) is 0 Å². The van der Waals surface area contributed by atoms with Gasteiger partial charge in [-0.25, -0.2) is 0 Å². The number of piperidine rings is 1. The first-order valence-corrected chi connectivity index (χ1v) is 5.27. The quantitative estimate of drug-likeness (QED) is 0.620.